The van der Waals surface area contributed by atoms with Gasteiger partial charge in [-0.1, -0.05) is 6.92 Å². The summed E-state index contributed by atoms with van der Waals surface area (Å²) >= 11 is 0. The van der Waals surface area contributed by atoms with Gasteiger partial charge < -0.3 is 15.0 Å². The van der Waals surface area contributed by atoms with E-state index in [4.69, 9.17) is 5.11 Å². The normalized spacial score (nSPS) is 15.0. The summed E-state index contributed by atoms with van der Waals surface area (Å²) in [6.07, 6.45) is 4.99. The highest BCUT2D eigenvalue weighted by molar-refractivity contribution is 5.78. The van der Waals surface area contributed by atoms with Gasteiger partial charge in [-0.3, -0.25) is 4.79 Å². The average molecular weight is 197 g/mol. The molecule has 5 heteroatoms. The van der Waals surface area contributed by atoms with Crippen LogP contribution < -0.4 is 5.32 Å². The minimum Gasteiger partial charge on any atom is -0.480 e. The topological polar surface area (TPSA) is 67.2 Å². The summed E-state index contributed by atoms with van der Waals surface area (Å²) in [5.74, 6) is -0.854. The molecule has 5 nitrogen and oxygen atoms in total. The molecule has 1 aromatic rings. The molecule has 1 aromatic heterocycles. The van der Waals surface area contributed by atoms with Gasteiger partial charge in [0.2, 0.25) is 0 Å². The smallest absolute Gasteiger partial charge is 0.325 e. The monoisotopic (exact) mass is 197 g/mol. The lowest BCUT2D eigenvalue weighted by atomic mass is 10.0. The second-order valence-electron chi connectivity index (χ2n) is 3.40. The number of aliphatic carboxylic acids is 1. The van der Waals surface area contributed by atoms with E-state index in [-0.39, 0.29) is 0 Å². The molecular formula is C9H15N3O2. The highest BCUT2D eigenvalue weighted by Gasteiger charge is 2.32. The maximum Gasteiger partial charge on any atom is 0.325 e. The second kappa shape index (κ2) is 4.23. The SMILES string of the molecule is CCNC(C)(Cn1ccnc1)C(=O)O. The number of imidazole rings is 1. The summed E-state index contributed by atoms with van der Waals surface area (Å²) in [6, 6.07) is 0. The zero-order chi connectivity index (χ0) is 10.6. The molecule has 1 atom stereocenters. The molecule has 0 radical (unpaired) electrons. The van der Waals surface area contributed by atoms with E-state index in [1.807, 2.05) is 6.92 Å². The fraction of sp³-hybridized carbons (Fsp3) is 0.556. The first-order chi connectivity index (χ1) is 6.58. The third kappa shape index (κ3) is 2.32. The van der Waals surface area contributed by atoms with Crippen molar-refractivity contribution >= 4 is 5.97 Å². The van der Waals surface area contributed by atoms with Gasteiger partial charge in [0.15, 0.2) is 0 Å². The fourth-order valence-corrected chi connectivity index (χ4v) is 1.33. The Labute approximate surface area is 82.8 Å². The second-order valence-corrected chi connectivity index (χ2v) is 3.40. The Kier molecular flexibility index (Phi) is 3.24. The molecule has 1 heterocycles. The summed E-state index contributed by atoms with van der Waals surface area (Å²) < 4.78 is 1.75. The predicted molar refractivity (Wildman–Crippen MR) is 51.9 cm³/mol. The van der Waals surface area contributed by atoms with Gasteiger partial charge in [0.25, 0.3) is 0 Å². The fourth-order valence-electron chi connectivity index (χ4n) is 1.33. The number of hydrogen-bond acceptors (Lipinski definition) is 3. The number of likely N-dealkylation sites (N-methyl/N-ethyl adjacent to an activating group) is 1. The molecule has 14 heavy (non-hydrogen) atoms. The number of carbonyl (C=O) groups is 1. The Morgan fingerprint density at radius 1 is 1.71 bits per heavy atom. The van der Waals surface area contributed by atoms with E-state index in [1.54, 1.807) is 30.2 Å². The molecule has 0 aliphatic carbocycles. The van der Waals surface area contributed by atoms with Gasteiger partial charge in [-0.2, -0.15) is 0 Å². The molecule has 0 aliphatic rings. The van der Waals surface area contributed by atoms with E-state index in [9.17, 15) is 4.79 Å². The Morgan fingerprint density at radius 3 is 2.86 bits per heavy atom. The number of aromatic nitrogens is 2. The number of carboxylic acid groups (broad SMARTS) is 1. The van der Waals surface area contributed by atoms with Crippen molar-refractivity contribution in [3.8, 4) is 0 Å². The first-order valence-electron chi connectivity index (χ1n) is 4.52. The van der Waals surface area contributed by atoms with Crippen LogP contribution in [0.3, 0.4) is 0 Å². The van der Waals surface area contributed by atoms with Crippen molar-refractivity contribution in [1.82, 2.24) is 14.9 Å². The molecule has 78 valence electrons. The largest absolute Gasteiger partial charge is 0.480 e. The van der Waals surface area contributed by atoms with Crippen molar-refractivity contribution in [3.63, 3.8) is 0 Å². The quantitative estimate of drug-likeness (QED) is 0.714. The summed E-state index contributed by atoms with van der Waals surface area (Å²) in [5, 5.41) is 12.0. The number of nitrogens with one attached hydrogen (secondary N) is 1. The van der Waals surface area contributed by atoms with E-state index >= 15 is 0 Å². The zero-order valence-corrected chi connectivity index (χ0v) is 8.40. The summed E-state index contributed by atoms with van der Waals surface area (Å²) in [5.41, 5.74) is -0.935. The van der Waals surface area contributed by atoms with Crippen LogP contribution >= 0.6 is 0 Å². The lowest BCUT2D eigenvalue weighted by Crippen LogP contribution is -2.52. The average Bonchev–Trinajstić information content (AvgIpc) is 2.56. The highest BCUT2D eigenvalue weighted by atomic mass is 16.4. The van der Waals surface area contributed by atoms with Crippen LogP contribution in [-0.4, -0.2) is 32.7 Å². The van der Waals surface area contributed by atoms with Crippen molar-refractivity contribution in [2.75, 3.05) is 6.54 Å². The van der Waals surface area contributed by atoms with Crippen LogP contribution in [0.1, 0.15) is 13.8 Å². The molecule has 0 aliphatic heterocycles. The summed E-state index contributed by atoms with van der Waals surface area (Å²) in [7, 11) is 0. The molecule has 1 unspecified atom stereocenters. The minimum absolute atomic E-state index is 0.371. The molecule has 1 rings (SSSR count). The summed E-state index contributed by atoms with van der Waals surface area (Å²) in [6.45, 7) is 4.54. The molecule has 0 saturated carbocycles. The van der Waals surface area contributed by atoms with E-state index in [0.717, 1.165) is 0 Å². The molecule has 0 saturated heterocycles. The van der Waals surface area contributed by atoms with Gasteiger partial charge in [0, 0.05) is 12.4 Å². The maximum atomic E-state index is 11.0. The first-order valence-corrected chi connectivity index (χ1v) is 4.52. The molecule has 0 bridgehead atoms. The predicted octanol–water partition coefficient (Wildman–Crippen LogP) is 0.336. The highest BCUT2D eigenvalue weighted by Crippen LogP contribution is 2.07. The molecule has 0 spiro atoms. The van der Waals surface area contributed by atoms with E-state index in [1.165, 1.54) is 0 Å². The lowest BCUT2D eigenvalue weighted by molar-refractivity contribution is -0.144. The van der Waals surface area contributed by atoms with E-state index in [2.05, 4.69) is 10.3 Å². The number of hydrogen-bond donors (Lipinski definition) is 2. The lowest BCUT2D eigenvalue weighted by Gasteiger charge is -2.25. The van der Waals surface area contributed by atoms with E-state index in [0.29, 0.717) is 13.1 Å². The molecule has 2 N–H and O–H groups in total. The van der Waals surface area contributed by atoms with Gasteiger partial charge in [-0.15, -0.1) is 0 Å². The van der Waals surface area contributed by atoms with Crippen molar-refractivity contribution < 1.29 is 9.90 Å². The van der Waals surface area contributed by atoms with Gasteiger partial charge in [0.05, 0.1) is 12.9 Å². The van der Waals surface area contributed by atoms with Crippen LogP contribution in [-0.2, 0) is 11.3 Å². The van der Waals surface area contributed by atoms with Crippen molar-refractivity contribution in [2.24, 2.45) is 0 Å². The number of carboxylic acids is 1. The van der Waals surface area contributed by atoms with Crippen molar-refractivity contribution in [3.05, 3.63) is 18.7 Å². The zero-order valence-electron chi connectivity index (χ0n) is 8.40. The Balaban J connectivity index is 2.74. The van der Waals surface area contributed by atoms with Crippen molar-refractivity contribution in [2.45, 2.75) is 25.9 Å². The standard InChI is InChI=1S/C9H15N3O2/c1-3-11-9(2,8(13)14)6-12-5-4-10-7-12/h4-5,7,11H,3,6H2,1-2H3,(H,13,14). The number of nitrogens with zero attached hydrogens (tertiary/aromatic N) is 2. The third-order valence-corrected chi connectivity index (χ3v) is 2.10. The first kappa shape index (κ1) is 10.7. The maximum absolute atomic E-state index is 11.0. The van der Waals surface area contributed by atoms with Gasteiger partial charge in [-0.25, -0.2) is 4.98 Å². The Bertz CT molecular complexity index is 297. The van der Waals surface area contributed by atoms with Gasteiger partial charge >= 0.3 is 5.97 Å². The molecule has 0 fully saturated rings. The van der Waals surface area contributed by atoms with Crippen molar-refractivity contribution in [1.29, 1.82) is 0 Å². The molecule has 0 amide bonds. The molecule has 0 aromatic carbocycles. The van der Waals surface area contributed by atoms with Crippen LogP contribution in [0.25, 0.3) is 0 Å². The van der Waals surface area contributed by atoms with Crippen LogP contribution in [0.5, 0.6) is 0 Å². The van der Waals surface area contributed by atoms with Crippen LogP contribution in [0.2, 0.25) is 0 Å². The van der Waals surface area contributed by atoms with Gasteiger partial charge in [0.1, 0.15) is 5.54 Å². The molecular weight excluding hydrogens is 182 g/mol. The summed E-state index contributed by atoms with van der Waals surface area (Å²) in [4.78, 5) is 14.9. The third-order valence-electron chi connectivity index (χ3n) is 2.10. The van der Waals surface area contributed by atoms with Crippen LogP contribution in [0.15, 0.2) is 18.7 Å². The van der Waals surface area contributed by atoms with Crippen LogP contribution in [0, 0.1) is 0 Å². The van der Waals surface area contributed by atoms with Crippen LogP contribution in [0.4, 0.5) is 0 Å². The Hall–Kier alpha value is -1.36. The minimum atomic E-state index is -0.935. The van der Waals surface area contributed by atoms with Gasteiger partial charge in [-0.05, 0) is 13.5 Å². The van der Waals surface area contributed by atoms with E-state index < -0.39 is 11.5 Å². The number of rotatable bonds is 5. The Morgan fingerprint density at radius 2 is 2.43 bits per heavy atom.